The number of aromatic nitrogens is 2. The summed E-state index contributed by atoms with van der Waals surface area (Å²) in [7, 11) is 1.30. The zero-order valence-electron chi connectivity index (χ0n) is 18.7. The molecule has 168 valence electrons. The number of para-hydroxylation sites is 1. The summed E-state index contributed by atoms with van der Waals surface area (Å²) in [5, 5.41) is 10.7. The number of nitrogens with zero attached hydrogens (tertiary/aromatic N) is 3. The molecule has 0 saturated heterocycles. The van der Waals surface area contributed by atoms with E-state index >= 15 is 0 Å². The summed E-state index contributed by atoms with van der Waals surface area (Å²) in [6, 6.07) is 13.8. The van der Waals surface area contributed by atoms with E-state index in [0.29, 0.717) is 29.1 Å². The number of nitrogens with one attached hydrogen (secondary N) is 2. The SMILES string of the molecule is COC(=O)n1ncc2c(NC(=O)NCC3CCc4ccccc4N3CC(C)C)cccc21. The van der Waals surface area contributed by atoms with Crippen molar-refractivity contribution in [1.29, 1.82) is 0 Å². The van der Waals surface area contributed by atoms with Crippen LogP contribution < -0.4 is 15.5 Å². The molecule has 8 nitrogen and oxygen atoms in total. The molecule has 2 amide bonds. The average molecular weight is 436 g/mol. The summed E-state index contributed by atoms with van der Waals surface area (Å²) in [6.45, 7) is 5.91. The van der Waals surface area contributed by atoms with Crippen molar-refractivity contribution in [3.8, 4) is 0 Å². The van der Waals surface area contributed by atoms with Crippen LogP contribution >= 0.6 is 0 Å². The number of hydrogen-bond acceptors (Lipinski definition) is 5. The lowest BCUT2D eigenvalue weighted by atomic mass is 9.94. The molecule has 0 fully saturated rings. The predicted molar refractivity (Wildman–Crippen MR) is 125 cm³/mol. The summed E-state index contributed by atoms with van der Waals surface area (Å²) in [6.07, 6.45) is 2.96. The van der Waals surface area contributed by atoms with Crippen LogP contribution in [0.3, 0.4) is 0 Å². The number of ether oxygens (including phenoxy) is 1. The van der Waals surface area contributed by atoms with Gasteiger partial charge in [0.15, 0.2) is 0 Å². The molecule has 0 radical (unpaired) electrons. The smallest absolute Gasteiger partial charge is 0.434 e. The lowest BCUT2D eigenvalue weighted by Crippen LogP contribution is -2.48. The van der Waals surface area contributed by atoms with Crippen LogP contribution in [0.2, 0.25) is 0 Å². The number of fused-ring (bicyclic) bond motifs is 2. The summed E-state index contributed by atoms with van der Waals surface area (Å²) < 4.78 is 5.92. The van der Waals surface area contributed by atoms with Crippen LogP contribution in [0.15, 0.2) is 48.7 Å². The van der Waals surface area contributed by atoms with E-state index in [-0.39, 0.29) is 12.1 Å². The Bertz CT molecular complexity index is 1120. The predicted octanol–water partition coefficient (Wildman–Crippen LogP) is 4.25. The van der Waals surface area contributed by atoms with Crippen molar-refractivity contribution < 1.29 is 14.3 Å². The topological polar surface area (TPSA) is 88.5 Å². The van der Waals surface area contributed by atoms with E-state index < -0.39 is 6.09 Å². The first kappa shape index (κ1) is 21.7. The Morgan fingerprint density at radius 2 is 2.00 bits per heavy atom. The van der Waals surface area contributed by atoms with Crippen molar-refractivity contribution in [1.82, 2.24) is 15.1 Å². The number of methoxy groups -OCH3 is 1. The second kappa shape index (κ2) is 9.30. The first-order valence-electron chi connectivity index (χ1n) is 10.9. The summed E-state index contributed by atoms with van der Waals surface area (Å²) in [4.78, 5) is 27.0. The van der Waals surface area contributed by atoms with Gasteiger partial charge in [0.2, 0.25) is 0 Å². The monoisotopic (exact) mass is 435 g/mol. The fourth-order valence-corrected chi connectivity index (χ4v) is 4.30. The molecule has 0 spiro atoms. The Kier molecular flexibility index (Phi) is 6.30. The number of rotatable bonds is 5. The van der Waals surface area contributed by atoms with Crippen LogP contribution in [-0.4, -0.2) is 48.1 Å². The molecular weight excluding hydrogens is 406 g/mol. The average Bonchev–Trinajstić information content (AvgIpc) is 3.23. The molecule has 0 bridgehead atoms. The Hall–Kier alpha value is -3.55. The first-order valence-corrected chi connectivity index (χ1v) is 10.9. The lowest BCUT2D eigenvalue weighted by molar-refractivity contribution is 0.170. The quantitative estimate of drug-likeness (QED) is 0.626. The number of carbonyl (C=O) groups is 2. The van der Waals surface area contributed by atoms with Gasteiger partial charge in [-0.05, 0) is 42.5 Å². The molecule has 0 aliphatic carbocycles. The normalized spacial score (nSPS) is 15.5. The number of hydrogen-bond donors (Lipinski definition) is 2. The number of amides is 2. The molecule has 4 rings (SSSR count). The van der Waals surface area contributed by atoms with E-state index in [1.54, 1.807) is 24.4 Å². The van der Waals surface area contributed by atoms with Gasteiger partial charge in [0.1, 0.15) is 0 Å². The molecule has 1 aliphatic rings. The van der Waals surface area contributed by atoms with Crippen molar-refractivity contribution in [3.63, 3.8) is 0 Å². The van der Waals surface area contributed by atoms with E-state index in [0.717, 1.165) is 19.4 Å². The van der Waals surface area contributed by atoms with Crippen LogP contribution in [0, 0.1) is 5.92 Å². The van der Waals surface area contributed by atoms with Crippen molar-refractivity contribution in [2.24, 2.45) is 5.92 Å². The van der Waals surface area contributed by atoms with Crippen LogP contribution in [0.25, 0.3) is 10.9 Å². The van der Waals surface area contributed by atoms with Gasteiger partial charge in [-0.25, -0.2) is 9.59 Å². The first-order chi connectivity index (χ1) is 15.5. The molecule has 32 heavy (non-hydrogen) atoms. The van der Waals surface area contributed by atoms with Crippen molar-refractivity contribution in [3.05, 3.63) is 54.2 Å². The van der Waals surface area contributed by atoms with Gasteiger partial charge in [-0.2, -0.15) is 9.78 Å². The number of benzene rings is 2. The third-order valence-electron chi connectivity index (χ3n) is 5.76. The molecular formula is C24H29N5O3. The van der Waals surface area contributed by atoms with Crippen LogP contribution in [0.5, 0.6) is 0 Å². The maximum atomic E-state index is 12.7. The summed E-state index contributed by atoms with van der Waals surface area (Å²) in [5.41, 5.74) is 3.78. The van der Waals surface area contributed by atoms with E-state index in [2.05, 4.69) is 58.7 Å². The highest BCUT2D eigenvalue weighted by molar-refractivity contribution is 6.02. The number of anilines is 2. The fraction of sp³-hybridized carbons (Fsp3) is 0.375. The molecule has 1 atom stereocenters. The summed E-state index contributed by atoms with van der Waals surface area (Å²) >= 11 is 0. The highest BCUT2D eigenvalue weighted by Crippen LogP contribution is 2.31. The zero-order valence-corrected chi connectivity index (χ0v) is 18.7. The minimum atomic E-state index is -0.579. The minimum absolute atomic E-state index is 0.232. The van der Waals surface area contributed by atoms with Crippen LogP contribution in [-0.2, 0) is 11.2 Å². The third-order valence-corrected chi connectivity index (χ3v) is 5.76. The number of urea groups is 1. The second-order valence-corrected chi connectivity index (χ2v) is 8.47. The second-order valence-electron chi connectivity index (χ2n) is 8.47. The molecule has 1 unspecified atom stereocenters. The molecule has 3 aromatic rings. The summed E-state index contributed by atoms with van der Waals surface area (Å²) in [5.74, 6) is 0.515. The van der Waals surface area contributed by atoms with E-state index in [9.17, 15) is 9.59 Å². The Labute approximate surface area is 187 Å². The fourth-order valence-electron chi connectivity index (χ4n) is 4.30. The molecule has 1 aromatic heterocycles. The van der Waals surface area contributed by atoms with E-state index in [4.69, 9.17) is 4.74 Å². The van der Waals surface area contributed by atoms with Gasteiger partial charge in [0.05, 0.1) is 24.5 Å². The van der Waals surface area contributed by atoms with Crippen molar-refractivity contribution in [2.75, 3.05) is 30.4 Å². The maximum absolute atomic E-state index is 12.7. The van der Waals surface area contributed by atoms with E-state index in [1.807, 2.05) is 0 Å². The van der Waals surface area contributed by atoms with Gasteiger partial charge in [0, 0.05) is 30.2 Å². The molecule has 2 N–H and O–H groups in total. The van der Waals surface area contributed by atoms with Gasteiger partial charge in [0.25, 0.3) is 0 Å². The molecule has 1 aliphatic heterocycles. The highest BCUT2D eigenvalue weighted by Gasteiger charge is 2.27. The van der Waals surface area contributed by atoms with E-state index in [1.165, 1.54) is 23.0 Å². The Morgan fingerprint density at radius 1 is 1.19 bits per heavy atom. The standard InChI is InChI=1S/C24H29N5O3/c1-16(2)15-28-18(12-11-17-7-4-5-9-21(17)28)13-25-23(30)27-20-8-6-10-22-19(20)14-26-29(22)24(31)32-3/h4-10,14,16,18H,11-13,15H2,1-3H3,(H2,25,27,30). The molecule has 8 heteroatoms. The van der Waals surface area contributed by atoms with Crippen LogP contribution in [0.4, 0.5) is 21.0 Å². The van der Waals surface area contributed by atoms with Gasteiger partial charge in [-0.3, -0.25) is 0 Å². The Morgan fingerprint density at radius 3 is 2.78 bits per heavy atom. The van der Waals surface area contributed by atoms with Crippen molar-refractivity contribution in [2.45, 2.75) is 32.7 Å². The van der Waals surface area contributed by atoms with Crippen molar-refractivity contribution >= 4 is 34.4 Å². The van der Waals surface area contributed by atoms with Gasteiger partial charge < -0.3 is 20.3 Å². The van der Waals surface area contributed by atoms with Gasteiger partial charge in [-0.15, -0.1) is 0 Å². The Balaban J connectivity index is 1.45. The number of carbonyl (C=O) groups excluding carboxylic acids is 2. The largest absolute Gasteiger partial charge is 0.451 e. The number of aryl methyl sites for hydroxylation is 1. The van der Waals surface area contributed by atoms with Crippen LogP contribution in [0.1, 0.15) is 25.8 Å². The highest BCUT2D eigenvalue weighted by atomic mass is 16.5. The lowest BCUT2D eigenvalue weighted by Gasteiger charge is -2.40. The van der Waals surface area contributed by atoms with Gasteiger partial charge in [-0.1, -0.05) is 38.1 Å². The molecule has 2 aromatic carbocycles. The minimum Gasteiger partial charge on any atom is -0.451 e. The molecule has 2 heterocycles. The zero-order chi connectivity index (χ0) is 22.7. The third kappa shape index (κ3) is 4.39. The molecule has 0 saturated carbocycles. The maximum Gasteiger partial charge on any atom is 0.434 e. The van der Waals surface area contributed by atoms with Gasteiger partial charge >= 0.3 is 12.1 Å².